The number of benzene rings is 1. The summed E-state index contributed by atoms with van der Waals surface area (Å²) in [7, 11) is 0. The molecule has 0 radical (unpaired) electrons. The largest absolute Gasteiger partial charge is 0.459 e. The van der Waals surface area contributed by atoms with E-state index in [1.54, 1.807) is 24.3 Å². The van der Waals surface area contributed by atoms with Crippen LogP contribution in [-0.4, -0.2) is 24.9 Å². The molecule has 0 spiro atoms. The van der Waals surface area contributed by atoms with Gasteiger partial charge in [0.2, 0.25) is 5.91 Å². The third-order valence-corrected chi connectivity index (χ3v) is 4.74. The molecule has 3 rings (SSSR count). The van der Waals surface area contributed by atoms with Crippen LogP contribution < -0.4 is 16.0 Å². The highest BCUT2D eigenvalue weighted by Crippen LogP contribution is 2.22. The Balaban J connectivity index is 0.00000261. The maximum absolute atomic E-state index is 12.2. The average Bonchev–Trinajstić information content (AvgIpc) is 3.18. The Morgan fingerprint density at radius 2 is 1.96 bits per heavy atom. The molecule has 1 aromatic heterocycles. The number of hydrogen-bond acceptors (Lipinski definition) is 4. The maximum Gasteiger partial charge on any atom is 0.291 e. The van der Waals surface area contributed by atoms with Crippen molar-refractivity contribution in [3.8, 4) is 0 Å². The highest BCUT2D eigenvalue weighted by Gasteiger charge is 2.15. The van der Waals surface area contributed by atoms with Crippen molar-refractivity contribution in [1.29, 1.82) is 0 Å². The molecule has 1 aliphatic heterocycles. The minimum Gasteiger partial charge on any atom is -0.459 e. The van der Waals surface area contributed by atoms with Crippen LogP contribution >= 0.6 is 12.4 Å². The lowest BCUT2D eigenvalue weighted by Crippen LogP contribution is -2.28. The highest BCUT2D eigenvalue weighted by atomic mass is 35.5. The van der Waals surface area contributed by atoms with E-state index in [9.17, 15) is 9.59 Å². The van der Waals surface area contributed by atoms with Crippen LogP contribution in [-0.2, 0) is 4.79 Å². The molecule has 146 valence electrons. The Bertz CT molecular complexity index is 756. The molecular weight excluding hydrogens is 366 g/mol. The summed E-state index contributed by atoms with van der Waals surface area (Å²) in [4.78, 5) is 24.2. The topological polar surface area (TPSA) is 83.4 Å². The first-order valence-electron chi connectivity index (χ1n) is 9.08. The summed E-state index contributed by atoms with van der Waals surface area (Å²) in [6, 6.07) is 8.73. The molecule has 2 heterocycles. The lowest BCUT2D eigenvalue weighted by molar-refractivity contribution is -0.116. The van der Waals surface area contributed by atoms with E-state index in [1.807, 2.05) is 13.0 Å². The van der Waals surface area contributed by atoms with Crippen molar-refractivity contribution in [3.63, 3.8) is 0 Å². The number of piperidine rings is 1. The number of furan rings is 1. The van der Waals surface area contributed by atoms with Gasteiger partial charge in [0.15, 0.2) is 5.76 Å². The Labute approximate surface area is 165 Å². The zero-order chi connectivity index (χ0) is 18.4. The van der Waals surface area contributed by atoms with Crippen molar-refractivity contribution < 1.29 is 14.0 Å². The maximum atomic E-state index is 12.2. The molecule has 0 atom stereocenters. The van der Waals surface area contributed by atoms with Gasteiger partial charge in [-0.25, -0.2) is 0 Å². The number of halogens is 1. The van der Waals surface area contributed by atoms with Crippen LogP contribution in [0, 0.1) is 12.8 Å². The predicted molar refractivity (Wildman–Crippen MR) is 109 cm³/mol. The zero-order valence-electron chi connectivity index (χ0n) is 15.4. The number of hydrogen-bond donors (Lipinski definition) is 3. The van der Waals surface area contributed by atoms with Gasteiger partial charge in [-0.2, -0.15) is 0 Å². The molecule has 7 heteroatoms. The lowest BCUT2D eigenvalue weighted by Gasteiger charge is -2.22. The third kappa shape index (κ3) is 6.12. The van der Waals surface area contributed by atoms with E-state index in [-0.39, 0.29) is 30.0 Å². The van der Waals surface area contributed by atoms with E-state index in [1.165, 1.54) is 6.26 Å². The second kappa shape index (κ2) is 10.1. The van der Waals surface area contributed by atoms with Gasteiger partial charge in [-0.1, -0.05) is 0 Å². The molecule has 27 heavy (non-hydrogen) atoms. The summed E-state index contributed by atoms with van der Waals surface area (Å²) in [6.45, 7) is 4.00. The minimum absolute atomic E-state index is 0. The summed E-state index contributed by atoms with van der Waals surface area (Å²) in [5.74, 6) is 0.648. The van der Waals surface area contributed by atoms with Crippen LogP contribution in [0.3, 0.4) is 0 Å². The normalized spacial score (nSPS) is 14.3. The number of aryl methyl sites for hydroxylation is 1. The summed E-state index contributed by atoms with van der Waals surface area (Å²) in [5.41, 5.74) is 2.31. The van der Waals surface area contributed by atoms with Gasteiger partial charge in [-0.15, -0.1) is 12.4 Å². The number of rotatable bonds is 6. The Hall–Kier alpha value is -2.31. The van der Waals surface area contributed by atoms with Crippen LogP contribution in [0.4, 0.5) is 11.4 Å². The van der Waals surface area contributed by atoms with E-state index in [2.05, 4.69) is 16.0 Å². The van der Waals surface area contributed by atoms with Crippen LogP contribution in [0.5, 0.6) is 0 Å². The molecular formula is C20H26ClN3O3. The number of carbonyl (C=O) groups is 2. The third-order valence-electron chi connectivity index (χ3n) is 4.74. The molecule has 1 saturated heterocycles. The van der Waals surface area contributed by atoms with Crippen molar-refractivity contribution in [1.82, 2.24) is 5.32 Å². The predicted octanol–water partition coefficient (Wildman–Crippen LogP) is 3.98. The van der Waals surface area contributed by atoms with Gasteiger partial charge in [0.25, 0.3) is 5.91 Å². The van der Waals surface area contributed by atoms with Crippen LogP contribution in [0.15, 0.2) is 41.0 Å². The molecule has 1 fully saturated rings. The molecule has 0 unspecified atom stereocenters. The van der Waals surface area contributed by atoms with Gasteiger partial charge in [-0.3, -0.25) is 9.59 Å². The van der Waals surface area contributed by atoms with Crippen molar-refractivity contribution in [2.75, 3.05) is 23.7 Å². The highest BCUT2D eigenvalue weighted by molar-refractivity contribution is 6.02. The molecule has 1 aromatic carbocycles. The van der Waals surface area contributed by atoms with E-state index in [0.29, 0.717) is 18.0 Å². The second-order valence-electron chi connectivity index (χ2n) is 6.74. The van der Waals surface area contributed by atoms with Crippen LogP contribution in [0.1, 0.15) is 41.8 Å². The summed E-state index contributed by atoms with van der Waals surface area (Å²) >= 11 is 0. The lowest BCUT2D eigenvalue weighted by atomic mass is 9.93. The minimum atomic E-state index is -0.295. The van der Waals surface area contributed by atoms with Crippen molar-refractivity contribution in [3.05, 3.63) is 47.9 Å². The molecule has 2 amide bonds. The molecule has 0 bridgehead atoms. The van der Waals surface area contributed by atoms with Crippen molar-refractivity contribution in [2.24, 2.45) is 5.92 Å². The van der Waals surface area contributed by atoms with Gasteiger partial charge < -0.3 is 20.4 Å². The first-order chi connectivity index (χ1) is 12.6. The molecule has 3 N–H and O–H groups in total. The van der Waals surface area contributed by atoms with Crippen LogP contribution in [0.25, 0.3) is 0 Å². The molecule has 1 aliphatic rings. The standard InChI is InChI=1S/C20H25N3O3.ClH/c1-14-13-16(22-19(24)7-4-15-8-10-21-11-9-15)5-6-17(14)23-20(25)18-3-2-12-26-18;/h2-3,5-6,12-13,15,21H,4,7-11H2,1H3,(H,22,24)(H,23,25);1H. The summed E-state index contributed by atoms with van der Waals surface area (Å²) in [6.07, 6.45) is 5.24. The van der Waals surface area contributed by atoms with Gasteiger partial charge in [0.1, 0.15) is 0 Å². The van der Waals surface area contributed by atoms with Gasteiger partial charge in [-0.05, 0) is 81.1 Å². The summed E-state index contributed by atoms with van der Waals surface area (Å²) in [5, 5.41) is 9.09. The van der Waals surface area contributed by atoms with Gasteiger partial charge in [0.05, 0.1) is 6.26 Å². The molecule has 6 nitrogen and oxygen atoms in total. The van der Waals surface area contributed by atoms with E-state index < -0.39 is 0 Å². The molecule has 0 saturated carbocycles. The van der Waals surface area contributed by atoms with Gasteiger partial charge in [0, 0.05) is 17.8 Å². The molecule has 2 aromatic rings. The number of anilines is 2. The summed E-state index contributed by atoms with van der Waals surface area (Å²) < 4.78 is 5.09. The first-order valence-corrected chi connectivity index (χ1v) is 9.08. The van der Waals surface area contributed by atoms with E-state index in [0.717, 1.165) is 43.6 Å². The van der Waals surface area contributed by atoms with Crippen molar-refractivity contribution >= 4 is 35.6 Å². The Kier molecular flexibility index (Phi) is 7.88. The second-order valence-corrected chi connectivity index (χ2v) is 6.74. The first kappa shape index (κ1) is 21.0. The average molecular weight is 392 g/mol. The number of carbonyl (C=O) groups excluding carboxylic acids is 2. The monoisotopic (exact) mass is 391 g/mol. The van der Waals surface area contributed by atoms with Crippen molar-refractivity contribution in [2.45, 2.75) is 32.6 Å². The van der Waals surface area contributed by atoms with Crippen LogP contribution in [0.2, 0.25) is 0 Å². The number of amides is 2. The fraction of sp³-hybridized carbons (Fsp3) is 0.400. The Morgan fingerprint density at radius 3 is 2.63 bits per heavy atom. The Morgan fingerprint density at radius 1 is 1.19 bits per heavy atom. The fourth-order valence-corrected chi connectivity index (χ4v) is 3.20. The SMILES string of the molecule is Cc1cc(NC(=O)CCC2CCNCC2)ccc1NC(=O)c1ccco1.Cl. The molecule has 0 aliphatic carbocycles. The van der Waals surface area contributed by atoms with E-state index in [4.69, 9.17) is 4.42 Å². The number of nitrogens with one attached hydrogen (secondary N) is 3. The van der Waals surface area contributed by atoms with Gasteiger partial charge >= 0.3 is 0 Å². The quantitative estimate of drug-likeness (QED) is 0.695. The smallest absolute Gasteiger partial charge is 0.291 e. The van der Waals surface area contributed by atoms with E-state index >= 15 is 0 Å². The zero-order valence-corrected chi connectivity index (χ0v) is 16.2. The fourth-order valence-electron chi connectivity index (χ4n) is 3.20.